The van der Waals surface area contributed by atoms with Crippen LogP contribution in [0.4, 0.5) is 0 Å². The van der Waals surface area contributed by atoms with Crippen LogP contribution in [0.5, 0.6) is 0 Å². The second-order valence-electron chi connectivity index (χ2n) is 3.56. The van der Waals surface area contributed by atoms with Gasteiger partial charge < -0.3 is 4.57 Å². The summed E-state index contributed by atoms with van der Waals surface area (Å²) in [6.07, 6.45) is 6.27. The van der Waals surface area contributed by atoms with Gasteiger partial charge in [-0.25, -0.2) is 9.97 Å². The third-order valence-corrected chi connectivity index (χ3v) is 3.37. The molecule has 5 heteroatoms. The number of carbonyl (C=O) groups is 1. The van der Waals surface area contributed by atoms with Crippen LogP contribution in [0.15, 0.2) is 18.7 Å². The molecule has 2 aromatic rings. The van der Waals surface area contributed by atoms with E-state index in [1.807, 2.05) is 0 Å². The molecule has 0 N–H and O–H groups in total. The van der Waals surface area contributed by atoms with Gasteiger partial charge in [0.15, 0.2) is 5.78 Å². The molecule has 0 amide bonds. The van der Waals surface area contributed by atoms with Gasteiger partial charge in [-0.2, -0.15) is 0 Å². The van der Waals surface area contributed by atoms with Crippen molar-refractivity contribution in [1.82, 2.24) is 14.5 Å². The number of thiazole rings is 1. The van der Waals surface area contributed by atoms with Gasteiger partial charge in [-0.15, -0.1) is 11.3 Å². The van der Waals surface area contributed by atoms with Crippen molar-refractivity contribution in [2.45, 2.75) is 26.8 Å². The third-order valence-electron chi connectivity index (χ3n) is 2.25. The van der Waals surface area contributed by atoms with Crippen molar-refractivity contribution < 1.29 is 4.79 Å². The number of ketones is 1. The first-order valence-corrected chi connectivity index (χ1v) is 6.01. The largest absolute Gasteiger partial charge is 0.329 e. The summed E-state index contributed by atoms with van der Waals surface area (Å²) in [5.74, 6) is 0.0605. The summed E-state index contributed by atoms with van der Waals surface area (Å²) in [5.41, 5.74) is 0.986. The van der Waals surface area contributed by atoms with Gasteiger partial charge in [0.1, 0.15) is 5.01 Å². The lowest BCUT2D eigenvalue weighted by Gasteiger charge is -2.02. The fourth-order valence-corrected chi connectivity index (χ4v) is 2.31. The Kier molecular flexibility index (Phi) is 3.14. The van der Waals surface area contributed by atoms with Crippen molar-refractivity contribution in [3.63, 3.8) is 0 Å². The van der Waals surface area contributed by atoms with Gasteiger partial charge in [-0.1, -0.05) is 6.92 Å². The van der Waals surface area contributed by atoms with Gasteiger partial charge in [-0.05, 0) is 6.42 Å². The number of carbonyl (C=O) groups excluding carboxylic acids is 1. The second-order valence-corrected chi connectivity index (χ2v) is 4.59. The first-order chi connectivity index (χ1) is 7.72. The molecule has 0 spiro atoms. The van der Waals surface area contributed by atoms with Crippen LogP contribution in [0, 0.1) is 0 Å². The lowest BCUT2D eigenvalue weighted by Crippen LogP contribution is -1.96. The standard InChI is InChI=1S/C11H13N3OS/c1-3-4-14-7-12-5-9(14)11-13-6-10(16-11)8(2)15/h5-7H,3-4H2,1-2H3. The number of aryl methyl sites for hydroxylation is 1. The topological polar surface area (TPSA) is 47.8 Å². The van der Waals surface area contributed by atoms with Crippen LogP contribution in [-0.2, 0) is 6.54 Å². The molecule has 2 rings (SSSR count). The molecule has 0 aromatic carbocycles. The zero-order valence-corrected chi connectivity index (χ0v) is 10.1. The SMILES string of the molecule is CCCn1cncc1-c1ncc(C(C)=O)s1. The molecule has 16 heavy (non-hydrogen) atoms. The zero-order chi connectivity index (χ0) is 11.5. The van der Waals surface area contributed by atoms with Crippen molar-refractivity contribution in [2.75, 3.05) is 0 Å². The maximum absolute atomic E-state index is 11.2. The molecule has 0 unspecified atom stereocenters. The molecule has 0 aliphatic heterocycles. The molecule has 0 aliphatic rings. The van der Waals surface area contributed by atoms with E-state index in [9.17, 15) is 4.79 Å². The van der Waals surface area contributed by atoms with E-state index in [4.69, 9.17) is 0 Å². The van der Waals surface area contributed by atoms with Gasteiger partial charge in [-0.3, -0.25) is 4.79 Å². The number of hydrogen-bond acceptors (Lipinski definition) is 4. The molecule has 0 radical (unpaired) electrons. The summed E-state index contributed by atoms with van der Waals surface area (Å²) >= 11 is 1.42. The number of aromatic nitrogens is 3. The molecule has 0 fully saturated rings. The minimum atomic E-state index is 0.0605. The number of rotatable bonds is 4. The minimum absolute atomic E-state index is 0.0605. The predicted molar refractivity (Wildman–Crippen MR) is 63.6 cm³/mol. The van der Waals surface area contributed by atoms with E-state index < -0.39 is 0 Å². The van der Waals surface area contributed by atoms with Crippen molar-refractivity contribution in [3.8, 4) is 10.7 Å². The van der Waals surface area contributed by atoms with Crippen LogP contribution in [0.1, 0.15) is 29.9 Å². The monoisotopic (exact) mass is 235 g/mol. The first kappa shape index (κ1) is 11.0. The summed E-state index contributed by atoms with van der Waals surface area (Å²) in [5, 5.41) is 0.858. The lowest BCUT2D eigenvalue weighted by molar-refractivity contribution is 0.102. The van der Waals surface area contributed by atoms with Gasteiger partial charge >= 0.3 is 0 Å². The van der Waals surface area contributed by atoms with Crippen LogP contribution in [0.2, 0.25) is 0 Å². The highest BCUT2D eigenvalue weighted by Crippen LogP contribution is 2.25. The van der Waals surface area contributed by atoms with E-state index in [2.05, 4.69) is 21.5 Å². The number of hydrogen-bond donors (Lipinski definition) is 0. The quantitative estimate of drug-likeness (QED) is 0.765. The average Bonchev–Trinajstić information content (AvgIpc) is 2.84. The average molecular weight is 235 g/mol. The Morgan fingerprint density at radius 3 is 2.94 bits per heavy atom. The van der Waals surface area contributed by atoms with E-state index in [1.54, 1.807) is 25.6 Å². The van der Waals surface area contributed by atoms with Crippen molar-refractivity contribution in [2.24, 2.45) is 0 Å². The summed E-state index contributed by atoms with van der Waals surface area (Å²) < 4.78 is 2.06. The van der Waals surface area contributed by atoms with E-state index in [0.717, 1.165) is 23.7 Å². The maximum Gasteiger partial charge on any atom is 0.171 e. The highest BCUT2D eigenvalue weighted by molar-refractivity contribution is 7.16. The van der Waals surface area contributed by atoms with Gasteiger partial charge in [0.25, 0.3) is 0 Å². The molecule has 2 aromatic heterocycles. The van der Waals surface area contributed by atoms with Crippen LogP contribution in [0.25, 0.3) is 10.7 Å². The molecule has 84 valence electrons. The molecule has 0 saturated carbocycles. The van der Waals surface area contributed by atoms with Gasteiger partial charge in [0.05, 0.1) is 23.1 Å². The lowest BCUT2D eigenvalue weighted by atomic mass is 10.4. The molecule has 0 bridgehead atoms. The third kappa shape index (κ3) is 2.04. The molecular weight excluding hydrogens is 222 g/mol. The normalized spacial score (nSPS) is 10.6. The van der Waals surface area contributed by atoms with Crippen LogP contribution in [0.3, 0.4) is 0 Å². The Morgan fingerprint density at radius 2 is 2.31 bits per heavy atom. The summed E-state index contributed by atoms with van der Waals surface area (Å²) in [4.78, 5) is 20.3. The van der Waals surface area contributed by atoms with E-state index >= 15 is 0 Å². The van der Waals surface area contributed by atoms with Crippen molar-refractivity contribution in [3.05, 3.63) is 23.6 Å². The zero-order valence-electron chi connectivity index (χ0n) is 9.30. The fourth-order valence-electron chi connectivity index (χ4n) is 1.47. The van der Waals surface area contributed by atoms with Crippen molar-refractivity contribution >= 4 is 17.1 Å². The van der Waals surface area contributed by atoms with Crippen LogP contribution in [-0.4, -0.2) is 20.3 Å². The van der Waals surface area contributed by atoms with Gasteiger partial charge in [0, 0.05) is 19.7 Å². The molecule has 0 aliphatic carbocycles. The molecular formula is C11H13N3OS. The van der Waals surface area contributed by atoms with E-state index in [-0.39, 0.29) is 5.78 Å². The van der Waals surface area contributed by atoms with Crippen LogP contribution < -0.4 is 0 Å². The van der Waals surface area contributed by atoms with Gasteiger partial charge in [0.2, 0.25) is 0 Å². The second kappa shape index (κ2) is 4.57. The number of imidazole rings is 1. The predicted octanol–water partition coefficient (Wildman–Crippen LogP) is 2.62. The molecule has 2 heterocycles. The molecule has 0 atom stereocenters. The highest BCUT2D eigenvalue weighted by Gasteiger charge is 2.11. The Balaban J connectivity index is 2.34. The summed E-state index contributed by atoms with van der Waals surface area (Å²) in [7, 11) is 0. The molecule has 4 nitrogen and oxygen atoms in total. The van der Waals surface area contributed by atoms with E-state index in [1.165, 1.54) is 11.3 Å². The molecule has 0 saturated heterocycles. The Hall–Kier alpha value is -1.49. The fraction of sp³-hybridized carbons (Fsp3) is 0.364. The van der Waals surface area contributed by atoms with Crippen molar-refractivity contribution in [1.29, 1.82) is 0 Å². The minimum Gasteiger partial charge on any atom is -0.329 e. The van der Waals surface area contributed by atoms with E-state index in [0.29, 0.717) is 4.88 Å². The Morgan fingerprint density at radius 1 is 1.50 bits per heavy atom. The number of nitrogens with zero attached hydrogens (tertiary/aromatic N) is 3. The summed E-state index contributed by atoms with van der Waals surface area (Å²) in [6.45, 7) is 4.59. The number of Topliss-reactive ketones (excluding diaryl/α,β-unsaturated/α-hetero) is 1. The Labute approximate surface area is 98.0 Å². The highest BCUT2D eigenvalue weighted by atomic mass is 32.1. The smallest absolute Gasteiger partial charge is 0.171 e. The first-order valence-electron chi connectivity index (χ1n) is 5.19. The summed E-state index contributed by atoms with van der Waals surface area (Å²) in [6, 6.07) is 0. The Bertz CT molecular complexity index is 501. The van der Waals surface area contributed by atoms with Crippen LogP contribution >= 0.6 is 11.3 Å². The maximum atomic E-state index is 11.2.